The number of hydrogen-bond acceptors (Lipinski definition) is 3. The summed E-state index contributed by atoms with van der Waals surface area (Å²) < 4.78 is 24.0. The molecule has 19 heavy (non-hydrogen) atoms. The van der Waals surface area contributed by atoms with Crippen LogP contribution in [0.5, 0.6) is 0 Å². The van der Waals surface area contributed by atoms with Gasteiger partial charge in [0, 0.05) is 10.9 Å². The molecule has 0 aliphatic rings. The van der Waals surface area contributed by atoms with E-state index in [1.54, 1.807) is 26.0 Å². The predicted molar refractivity (Wildman–Crippen MR) is 67.8 cm³/mol. The molecule has 0 saturated heterocycles. The number of furan rings is 2. The molecule has 0 bridgehead atoms. The van der Waals surface area contributed by atoms with Gasteiger partial charge >= 0.3 is 0 Å². The molecule has 4 heteroatoms. The van der Waals surface area contributed by atoms with Gasteiger partial charge in [-0.1, -0.05) is 0 Å². The molecule has 0 spiro atoms. The summed E-state index contributed by atoms with van der Waals surface area (Å²) in [5.74, 6) is 0.379. The van der Waals surface area contributed by atoms with Gasteiger partial charge in [0.05, 0.1) is 0 Å². The quantitative estimate of drug-likeness (QED) is 0.652. The minimum atomic E-state index is -0.357. The number of rotatable bonds is 2. The van der Waals surface area contributed by atoms with Crippen molar-refractivity contribution in [3.05, 3.63) is 59.0 Å². The lowest BCUT2D eigenvalue weighted by molar-refractivity contribution is 0.0983. The standard InChI is InChI=1S/C15H11FO3/c1-8-3-5-13(18-8)14(17)15-9(2)11-7-10(16)4-6-12(11)19-15/h3-7H,1-2H3. The molecule has 2 heterocycles. The molecular formula is C15H11FO3. The zero-order chi connectivity index (χ0) is 13.6. The van der Waals surface area contributed by atoms with Crippen molar-refractivity contribution in [1.82, 2.24) is 0 Å². The molecule has 0 radical (unpaired) electrons. The molecule has 2 aromatic heterocycles. The summed E-state index contributed by atoms with van der Waals surface area (Å²) in [6.45, 7) is 3.49. The molecule has 0 unspecified atom stereocenters. The first kappa shape index (κ1) is 11.7. The fraction of sp³-hybridized carbons (Fsp3) is 0.133. The predicted octanol–water partition coefficient (Wildman–Crippen LogP) is 4.01. The van der Waals surface area contributed by atoms with Crippen molar-refractivity contribution in [1.29, 1.82) is 0 Å². The Balaban J connectivity index is 2.15. The Morgan fingerprint density at radius 1 is 1.11 bits per heavy atom. The Labute approximate surface area is 108 Å². The highest BCUT2D eigenvalue weighted by molar-refractivity contribution is 6.08. The number of fused-ring (bicyclic) bond motifs is 1. The maximum atomic E-state index is 13.2. The Morgan fingerprint density at radius 2 is 1.89 bits per heavy atom. The van der Waals surface area contributed by atoms with Gasteiger partial charge in [0.15, 0.2) is 11.5 Å². The minimum absolute atomic E-state index is 0.190. The average Bonchev–Trinajstić information content (AvgIpc) is 2.94. The monoisotopic (exact) mass is 258 g/mol. The van der Waals surface area contributed by atoms with Crippen molar-refractivity contribution in [2.24, 2.45) is 0 Å². The molecule has 3 aromatic rings. The molecule has 0 fully saturated rings. The van der Waals surface area contributed by atoms with E-state index in [1.165, 1.54) is 18.2 Å². The summed E-state index contributed by atoms with van der Waals surface area (Å²) in [7, 11) is 0. The van der Waals surface area contributed by atoms with Crippen LogP contribution in [0.1, 0.15) is 27.6 Å². The highest BCUT2D eigenvalue weighted by Crippen LogP contribution is 2.28. The smallest absolute Gasteiger partial charge is 0.263 e. The van der Waals surface area contributed by atoms with Crippen LogP contribution in [0.4, 0.5) is 4.39 Å². The second-order valence-corrected chi connectivity index (χ2v) is 4.44. The Hall–Kier alpha value is -2.36. The van der Waals surface area contributed by atoms with Crippen LogP contribution >= 0.6 is 0 Å². The number of carbonyl (C=O) groups is 1. The van der Waals surface area contributed by atoms with Crippen LogP contribution in [0.25, 0.3) is 11.0 Å². The summed E-state index contributed by atoms with van der Waals surface area (Å²) in [4.78, 5) is 12.3. The Kier molecular flexibility index (Phi) is 2.52. The van der Waals surface area contributed by atoms with Crippen LogP contribution < -0.4 is 0 Å². The first-order chi connectivity index (χ1) is 9.06. The summed E-state index contributed by atoms with van der Waals surface area (Å²) in [5.41, 5.74) is 1.11. The minimum Gasteiger partial charge on any atom is -0.458 e. The number of halogens is 1. The molecule has 0 amide bonds. The van der Waals surface area contributed by atoms with E-state index in [1.807, 2.05) is 0 Å². The molecule has 0 saturated carbocycles. The molecule has 3 rings (SSSR count). The van der Waals surface area contributed by atoms with Crippen LogP contribution in [0.2, 0.25) is 0 Å². The summed E-state index contributed by atoms with van der Waals surface area (Å²) in [5, 5.41) is 0.603. The second kappa shape index (κ2) is 4.09. The fourth-order valence-corrected chi connectivity index (χ4v) is 2.08. The normalized spacial score (nSPS) is 11.1. The Morgan fingerprint density at radius 3 is 2.58 bits per heavy atom. The Bertz CT molecular complexity index is 780. The second-order valence-electron chi connectivity index (χ2n) is 4.44. The third-order valence-electron chi connectivity index (χ3n) is 3.07. The fourth-order valence-electron chi connectivity index (χ4n) is 2.08. The van der Waals surface area contributed by atoms with E-state index in [0.717, 1.165) is 0 Å². The van der Waals surface area contributed by atoms with Gasteiger partial charge in [-0.3, -0.25) is 4.79 Å². The van der Waals surface area contributed by atoms with E-state index < -0.39 is 0 Å². The van der Waals surface area contributed by atoms with Crippen LogP contribution in [-0.2, 0) is 0 Å². The maximum absolute atomic E-state index is 13.2. The highest BCUT2D eigenvalue weighted by Gasteiger charge is 2.21. The zero-order valence-corrected chi connectivity index (χ0v) is 10.5. The zero-order valence-electron chi connectivity index (χ0n) is 10.5. The van der Waals surface area contributed by atoms with Crippen LogP contribution in [0.15, 0.2) is 39.2 Å². The first-order valence-corrected chi connectivity index (χ1v) is 5.86. The van der Waals surface area contributed by atoms with Gasteiger partial charge in [0.2, 0.25) is 0 Å². The van der Waals surface area contributed by atoms with Gasteiger partial charge in [0.25, 0.3) is 5.78 Å². The van der Waals surface area contributed by atoms with Crippen molar-refractivity contribution < 1.29 is 18.0 Å². The van der Waals surface area contributed by atoms with Gasteiger partial charge in [-0.2, -0.15) is 0 Å². The number of carbonyl (C=O) groups excluding carboxylic acids is 1. The summed E-state index contributed by atoms with van der Waals surface area (Å²) in [6.07, 6.45) is 0. The van der Waals surface area contributed by atoms with Gasteiger partial charge in [-0.25, -0.2) is 4.39 Å². The van der Waals surface area contributed by atoms with Crippen LogP contribution in [0.3, 0.4) is 0 Å². The molecule has 0 aliphatic carbocycles. The number of benzene rings is 1. The van der Waals surface area contributed by atoms with Crippen molar-refractivity contribution in [3.8, 4) is 0 Å². The molecule has 0 N–H and O–H groups in total. The van der Waals surface area contributed by atoms with Gasteiger partial charge in [-0.15, -0.1) is 0 Å². The van der Waals surface area contributed by atoms with E-state index in [-0.39, 0.29) is 23.1 Å². The summed E-state index contributed by atoms with van der Waals surface area (Å²) >= 11 is 0. The van der Waals surface area contributed by atoms with Crippen LogP contribution in [-0.4, -0.2) is 5.78 Å². The molecule has 0 atom stereocenters. The van der Waals surface area contributed by atoms with E-state index in [9.17, 15) is 9.18 Å². The lowest BCUT2D eigenvalue weighted by Gasteiger charge is -1.94. The molecule has 3 nitrogen and oxygen atoms in total. The van der Waals surface area contributed by atoms with Crippen molar-refractivity contribution >= 4 is 16.8 Å². The van der Waals surface area contributed by atoms with Crippen molar-refractivity contribution in [2.75, 3.05) is 0 Å². The molecule has 1 aromatic carbocycles. The third-order valence-corrected chi connectivity index (χ3v) is 3.07. The van der Waals surface area contributed by atoms with Gasteiger partial charge in [-0.05, 0) is 44.2 Å². The van der Waals surface area contributed by atoms with E-state index in [2.05, 4.69) is 0 Å². The topological polar surface area (TPSA) is 43.4 Å². The number of ketones is 1. The molecule has 0 aliphatic heterocycles. The molecule has 96 valence electrons. The third kappa shape index (κ3) is 1.85. The first-order valence-electron chi connectivity index (χ1n) is 5.86. The van der Waals surface area contributed by atoms with Crippen LogP contribution in [0, 0.1) is 19.7 Å². The van der Waals surface area contributed by atoms with E-state index >= 15 is 0 Å². The van der Waals surface area contributed by atoms with Crippen molar-refractivity contribution in [2.45, 2.75) is 13.8 Å². The van der Waals surface area contributed by atoms with Gasteiger partial charge < -0.3 is 8.83 Å². The highest BCUT2D eigenvalue weighted by atomic mass is 19.1. The summed E-state index contributed by atoms with van der Waals surface area (Å²) in [6, 6.07) is 7.49. The lowest BCUT2D eigenvalue weighted by atomic mass is 10.1. The molecular weight excluding hydrogens is 247 g/mol. The lowest BCUT2D eigenvalue weighted by Crippen LogP contribution is -1.99. The van der Waals surface area contributed by atoms with Gasteiger partial charge in [0.1, 0.15) is 17.2 Å². The largest absolute Gasteiger partial charge is 0.458 e. The van der Waals surface area contributed by atoms with E-state index in [0.29, 0.717) is 22.3 Å². The maximum Gasteiger partial charge on any atom is 0.263 e. The SMILES string of the molecule is Cc1ccc(C(=O)c2oc3ccc(F)cc3c2C)o1. The van der Waals surface area contributed by atoms with E-state index in [4.69, 9.17) is 8.83 Å². The van der Waals surface area contributed by atoms with Crippen molar-refractivity contribution in [3.63, 3.8) is 0 Å². The number of aryl methyl sites for hydroxylation is 2. The number of hydrogen-bond donors (Lipinski definition) is 0. The average molecular weight is 258 g/mol.